The Morgan fingerprint density at radius 1 is 1.00 bits per heavy atom. The molecule has 158 valence electrons. The number of hydrogen-bond donors (Lipinski definition) is 1. The van der Waals surface area contributed by atoms with E-state index in [1.807, 2.05) is 0 Å². The Labute approximate surface area is 195 Å². The van der Waals surface area contributed by atoms with Gasteiger partial charge in [0.15, 0.2) is 0 Å². The summed E-state index contributed by atoms with van der Waals surface area (Å²) in [7, 11) is 0. The van der Waals surface area contributed by atoms with Crippen LogP contribution in [0.4, 0.5) is 5.69 Å². The molecule has 0 radical (unpaired) electrons. The van der Waals surface area contributed by atoms with E-state index < -0.39 is 0 Å². The van der Waals surface area contributed by atoms with Crippen LogP contribution in [-0.2, 0) is 18.4 Å². The quantitative estimate of drug-likeness (QED) is 0.469. The van der Waals surface area contributed by atoms with Gasteiger partial charge < -0.3 is 5.32 Å². The smallest absolute Gasteiger partial charge is 0.0400 e. The maximum atomic E-state index is 3.73. The lowest BCUT2D eigenvalue weighted by molar-refractivity contribution is -0.0133. The first-order valence-corrected chi connectivity index (χ1v) is 13.1. The Morgan fingerprint density at radius 3 is 2.70 bits per heavy atom. The summed E-state index contributed by atoms with van der Waals surface area (Å²) in [6.45, 7) is 3.61. The average Bonchev–Trinajstić information content (AvgIpc) is 3.59. The summed E-state index contributed by atoms with van der Waals surface area (Å²) >= 11 is 2.38. The molecule has 4 aliphatic rings. The first kappa shape index (κ1) is 19.6. The highest BCUT2D eigenvalue weighted by Crippen LogP contribution is 2.56. The van der Waals surface area contributed by atoms with Gasteiger partial charge in [-0.05, 0) is 120 Å². The molecular formula is C27H33IN2. The number of likely N-dealkylation sites (tertiary alicyclic amines) is 1. The van der Waals surface area contributed by atoms with E-state index in [9.17, 15) is 0 Å². The van der Waals surface area contributed by atoms with Crippen molar-refractivity contribution in [3.05, 3.63) is 62.7 Å². The van der Waals surface area contributed by atoms with Crippen LogP contribution in [-0.4, -0.2) is 24.0 Å². The van der Waals surface area contributed by atoms with Gasteiger partial charge in [-0.2, -0.15) is 0 Å². The molecule has 1 N–H and O–H groups in total. The van der Waals surface area contributed by atoms with Crippen LogP contribution < -0.4 is 5.32 Å². The van der Waals surface area contributed by atoms with Crippen molar-refractivity contribution in [2.45, 2.75) is 69.4 Å². The summed E-state index contributed by atoms with van der Waals surface area (Å²) in [5, 5.41) is 3.73. The molecule has 6 rings (SSSR count). The van der Waals surface area contributed by atoms with Gasteiger partial charge in [0.2, 0.25) is 0 Å². The zero-order valence-electron chi connectivity index (χ0n) is 17.9. The number of benzene rings is 2. The molecule has 0 amide bonds. The molecule has 3 fully saturated rings. The number of rotatable bonds is 5. The third kappa shape index (κ3) is 3.50. The van der Waals surface area contributed by atoms with Crippen molar-refractivity contribution in [2.24, 2.45) is 11.8 Å². The molecule has 3 aliphatic carbocycles. The van der Waals surface area contributed by atoms with Gasteiger partial charge in [0.25, 0.3) is 0 Å². The molecule has 2 aromatic carbocycles. The largest absolute Gasteiger partial charge is 0.381 e. The number of hydrogen-bond acceptors (Lipinski definition) is 2. The fourth-order valence-electron chi connectivity index (χ4n) is 6.86. The van der Waals surface area contributed by atoms with Gasteiger partial charge in [-0.1, -0.05) is 31.0 Å². The second-order valence-corrected chi connectivity index (χ2v) is 11.6. The summed E-state index contributed by atoms with van der Waals surface area (Å²) in [6, 6.07) is 17.0. The van der Waals surface area contributed by atoms with Gasteiger partial charge in [-0.3, -0.25) is 4.90 Å². The second kappa shape index (κ2) is 7.81. The van der Waals surface area contributed by atoms with E-state index in [0.29, 0.717) is 5.41 Å². The maximum Gasteiger partial charge on any atom is 0.0400 e. The molecule has 1 saturated heterocycles. The Bertz CT molecular complexity index is 919. The first-order chi connectivity index (χ1) is 14.7. The fraction of sp³-hybridized carbons (Fsp3) is 0.556. The van der Waals surface area contributed by atoms with Crippen LogP contribution in [0.15, 0.2) is 42.5 Å². The number of halogens is 1. The van der Waals surface area contributed by atoms with E-state index in [4.69, 9.17) is 0 Å². The van der Waals surface area contributed by atoms with Gasteiger partial charge >= 0.3 is 0 Å². The Balaban J connectivity index is 1.28. The summed E-state index contributed by atoms with van der Waals surface area (Å²) in [6.07, 6.45) is 11.4. The van der Waals surface area contributed by atoms with Crippen molar-refractivity contribution in [2.75, 3.05) is 18.4 Å². The van der Waals surface area contributed by atoms with Crippen LogP contribution >= 0.6 is 22.6 Å². The normalized spacial score (nSPS) is 30.4. The zero-order valence-corrected chi connectivity index (χ0v) is 20.0. The third-order valence-corrected chi connectivity index (χ3v) is 9.27. The summed E-state index contributed by atoms with van der Waals surface area (Å²) in [4.78, 5) is 2.91. The standard InChI is InChI=1S/C27H33IN2/c28-22-9-6-19(7-10-22)17-29-23-11-8-21-15-26-24-3-1-2-12-27(24,25(21)16-23)13-14-30(26)18-20-4-5-20/h6-11,16,20,24,26,29H,1-5,12-15,17-18H2/t24-,26+,27+/m0/s1. The van der Waals surface area contributed by atoms with Gasteiger partial charge in [0.05, 0.1) is 0 Å². The molecule has 1 aliphatic heterocycles. The summed E-state index contributed by atoms with van der Waals surface area (Å²) in [5.41, 5.74) is 6.48. The maximum absolute atomic E-state index is 3.73. The summed E-state index contributed by atoms with van der Waals surface area (Å²) < 4.78 is 1.30. The molecule has 0 aromatic heterocycles. The number of fused-ring (bicyclic) bond motifs is 1. The Morgan fingerprint density at radius 2 is 1.87 bits per heavy atom. The Kier molecular flexibility index (Phi) is 5.10. The zero-order chi connectivity index (χ0) is 20.1. The lowest BCUT2D eigenvalue weighted by Gasteiger charge is -2.59. The number of nitrogens with one attached hydrogen (secondary N) is 1. The van der Waals surface area contributed by atoms with Crippen LogP contribution in [0.3, 0.4) is 0 Å². The van der Waals surface area contributed by atoms with Crippen molar-refractivity contribution in [3.63, 3.8) is 0 Å². The van der Waals surface area contributed by atoms with Crippen molar-refractivity contribution < 1.29 is 0 Å². The molecule has 2 nitrogen and oxygen atoms in total. The molecule has 2 aromatic rings. The molecule has 0 unspecified atom stereocenters. The lowest BCUT2D eigenvalue weighted by atomic mass is 9.52. The molecular weight excluding hydrogens is 479 g/mol. The van der Waals surface area contributed by atoms with Crippen LogP contribution in [0, 0.1) is 15.4 Å². The van der Waals surface area contributed by atoms with E-state index in [1.54, 1.807) is 11.1 Å². The average molecular weight is 512 g/mol. The first-order valence-electron chi connectivity index (χ1n) is 12.1. The minimum atomic E-state index is 0.455. The van der Waals surface area contributed by atoms with Crippen molar-refractivity contribution in [1.82, 2.24) is 4.90 Å². The van der Waals surface area contributed by atoms with Crippen LogP contribution in [0.1, 0.15) is 61.6 Å². The highest BCUT2D eigenvalue weighted by molar-refractivity contribution is 14.1. The van der Waals surface area contributed by atoms with E-state index in [1.165, 1.54) is 79.3 Å². The second-order valence-electron chi connectivity index (χ2n) is 10.3. The fourth-order valence-corrected chi connectivity index (χ4v) is 7.22. The van der Waals surface area contributed by atoms with Crippen molar-refractivity contribution in [1.29, 1.82) is 0 Å². The highest BCUT2D eigenvalue weighted by Gasteiger charge is 2.54. The molecule has 1 heterocycles. The predicted octanol–water partition coefficient (Wildman–Crippen LogP) is 6.37. The monoisotopic (exact) mass is 512 g/mol. The Hall–Kier alpha value is -1.07. The lowest BCUT2D eigenvalue weighted by Crippen LogP contribution is -2.61. The molecule has 2 saturated carbocycles. The molecule has 3 atom stereocenters. The number of anilines is 1. The van der Waals surface area contributed by atoms with Crippen LogP contribution in [0.2, 0.25) is 0 Å². The van der Waals surface area contributed by atoms with E-state index in [2.05, 4.69) is 75.3 Å². The third-order valence-electron chi connectivity index (χ3n) is 8.55. The van der Waals surface area contributed by atoms with Crippen LogP contribution in [0.25, 0.3) is 0 Å². The van der Waals surface area contributed by atoms with Crippen molar-refractivity contribution in [3.8, 4) is 0 Å². The van der Waals surface area contributed by atoms with Gasteiger partial charge in [0, 0.05) is 33.8 Å². The minimum absolute atomic E-state index is 0.455. The van der Waals surface area contributed by atoms with E-state index in [-0.39, 0.29) is 0 Å². The SMILES string of the molecule is Ic1ccc(CNc2ccc3c(c2)[C@@]24CCCC[C@H]2[C@@H](C3)N(CC2CC2)CC4)cc1. The number of piperidine rings is 1. The van der Waals surface area contributed by atoms with Gasteiger partial charge in [0.1, 0.15) is 0 Å². The van der Waals surface area contributed by atoms with Crippen LogP contribution in [0.5, 0.6) is 0 Å². The summed E-state index contributed by atoms with van der Waals surface area (Å²) in [5.74, 6) is 1.90. The van der Waals surface area contributed by atoms with E-state index in [0.717, 1.165) is 24.4 Å². The van der Waals surface area contributed by atoms with Gasteiger partial charge in [-0.15, -0.1) is 0 Å². The number of nitrogens with zero attached hydrogens (tertiary/aromatic N) is 1. The molecule has 3 heteroatoms. The van der Waals surface area contributed by atoms with E-state index >= 15 is 0 Å². The predicted molar refractivity (Wildman–Crippen MR) is 133 cm³/mol. The molecule has 30 heavy (non-hydrogen) atoms. The highest BCUT2D eigenvalue weighted by atomic mass is 127. The minimum Gasteiger partial charge on any atom is -0.381 e. The van der Waals surface area contributed by atoms with Gasteiger partial charge in [-0.25, -0.2) is 0 Å². The topological polar surface area (TPSA) is 15.3 Å². The van der Waals surface area contributed by atoms with Crippen molar-refractivity contribution >= 4 is 28.3 Å². The molecule has 2 bridgehead atoms. The molecule has 0 spiro atoms.